The summed E-state index contributed by atoms with van der Waals surface area (Å²) in [6.07, 6.45) is 0. The molecule has 0 aliphatic carbocycles. The Kier molecular flexibility index (Phi) is 5.57. The van der Waals surface area contributed by atoms with Crippen LogP contribution in [0.25, 0.3) is 11.1 Å². The van der Waals surface area contributed by atoms with E-state index in [2.05, 4.69) is 13.8 Å². The maximum atomic E-state index is 13.9. The minimum Gasteiger partial charge on any atom is -0.206 e. The van der Waals surface area contributed by atoms with Crippen LogP contribution in [0.2, 0.25) is 0 Å². The van der Waals surface area contributed by atoms with Crippen LogP contribution in [-0.2, 0) is 0 Å². The summed E-state index contributed by atoms with van der Waals surface area (Å²) in [6.45, 7) is 8.13. The number of benzene rings is 2. The molecule has 18 heavy (non-hydrogen) atoms. The van der Waals surface area contributed by atoms with E-state index in [1.165, 1.54) is 0 Å². The Balaban J connectivity index is 0.000000771. The molecule has 0 aromatic heterocycles. The van der Waals surface area contributed by atoms with E-state index >= 15 is 0 Å². The van der Waals surface area contributed by atoms with E-state index < -0.39 is 0 Å². The van der Waals surface area contributed by atoms with Gasteiger partial charge in [0.1, 0.15) is 5.82 Å². The van der Waals surface area contributed by atoms with Gasteiger partial charge in [0.2, 0.25) is 0 Å². The van der Waals surface area contributed by atoms with E-state index in [1.807, 2.05) is 56.3 Å². The zero-order chi connectivity index (χ0) is 13.5. The lowest BCUT2D eigenvalue weighted by Crippen LogP contribution is -1.91. The Hall–Kier alpha value is -1.63. The van der Waals surface area contributed by atoms with Crippen LogP contribution in [0.4, 0.5) is 4.39 Å². The van der Waals surface area contributed by atoms with Crippen LogP contribution >= 0.6 is 0 Å². The number of halogens is 1. The molecule has 2 aromatic rings. The van der Waals surface area contributed by atoms with Gasteiger partial charge in [0.25, 0.3) is 0 Å². The fourth-order valence-corrected chi connectivity index (χ4v) is 1.74. The maximum absolute atomic E-state index is 13.9. The lowest BCUT2D eigenvalue weighted by molar-refractivity contribution is 0.627. The van der Waals surface area contributed by atoms with E-state index in [4.69, 9.17) is 0 Å². The van der Waals surface area contributed by atoms with Crippen LogP contribution < -0.4 is 0 Å². The molecule has 0 bridgehead atoms. The highest BCUT2D eigenvalue weighted by atomic mass is 19.1. The predicted molar refractivity (Wildman–Crippen MR) is 77.3 cm³/mol. The minimum atomic E-state index is -0.141. The summed E-state index contributed by atoms with van der Waals surface area (Å²) in [5, 5.41) is 0. The van der Waals surface area contributed by atoms with Gasteiger partial charge < -0.3 is 0 Å². The second-order valence-electron chi connectivity index (χ2n) is 4.26. The first-order valence-corrected chi connectivity index (χ1v) is 6.53. The van der Waals surface area contributed by atoms with Gasteiger partial charge >= 0.3 is 0 Å². The molecular weight excluding hydrogens is 223 g/mol. The number of hydrogen-bond acceptors (Lipinski definition) is 0. The summed E-state index contributed by atoms with van der Waals surface area (Å²) >= 11 is 0. The van der Waals surface area contributed by atoms with E-state index in [-0.39, 0.29) is 5.82 Å². The third-order valence-corrected chi connectivity index (χ3v) is 2.74. The molecule has 0 fully saturated rings. The van der Waals surface area contributed by atoms with Crippen LogP contribution in [0.1, 0.15) is 39.2 Å². The zero-order valence-electron chi connectivity index (χ0n) is 11.6. The summed E-state index contributed by atoms with van der Waals surface area (Å²) in [4.78, 5) is 0. The third-order valence-electron chi connectivity index (χ3n) is 2.74. The highest BCUT2D eigenvalue weighted by Crippen LogP contribution is 2.25. The van der Waals surface area contributed by atoms with Crippen LogP contribution in [0.5, 0.6) is 0 Å². The molecule has 0 saturated heterocycles. The van der Waals surface area contributed by atoms with Crippen molar-refractivity contribution in [2.45, 2.75) is 33.6 Å². The fraction of sp³-hybridized carbons (Fsp3) is 0.294. The summed E-state index contributed by atoms with van der Waals surface area (Å²) < 4.78 is 13.9. The molecule has 0 radical (unpaired) electrons. The molecule has 0 aliphatic heterocycles. The average molecular weight is 244 g/mol. The van der Waals surface area contributed by atoms with E-state index in [1.54, 1.807) is 6.07 Å². The summed E-state index contributed by atoms with van der Waals surface area (Å²) in [5.41, 5.74) is 2.64. The van der Waals surface area contributed by atoms with E-state index in [0.29, 0.717) is 11.5 Å². The van der Waals surface area contributed by atoms with Gasteiger partial charge in [-0.05, 0) is 23.1 Å². The van der Waals surface area contributed by atoms with Crippen molar-refractivity contribution < 1.29 is 4.39 Å². The minimum absolute atomic E-state index is 0.141. The summed E-state index contributed by atoms with van der Waals surface area (Å²) in [5.74, 6) is 0.219. The first kappa shape index (κ1) is 14.4. The monoisotopic (exact) mass is 244 g/mol. The predicted octanol–water partition coefficient (Wildman–Crippen LogP) is 5.64. The lowest BCUT2D eigenvalue weighted by Gasteiger charge is -2.08. The second-order valence-corrected chi connectivity index (χ2v) is 4.26. The SMILES string of the molecule is CC.CC(C)c1ccc(-c2ccccc2)c(F)c1. The molecule has 0 amide bonds. The Morgan fingerprint density at radius 2 is 1.50 bits per heavy atom. The second kappa shape index (κ2) is 6.95. The molecule has 0 unspecified atom stereocenters. The molecule has 0 aliphatic rings. The van der Waals surface area contributed by atoms with Crippen molar-refractivity contribution in [3.8, 4) is 11.1 Å². The van der Waals surface area contributed by atoms with E-state index in [0.717, 1.165) is 11.1 Å². The topological polar surface area (TPSA) is 0 Å². The molecule has 0 nitrogen and oxygen atoms in total. The van der Waals surface area contributed by atoms with Gasteiger partial charge in [-0.1, -0.05) is 70.2 Å². The highest BCUT2D eigenvalue weighted by Gasteiger charge is 2.07. The first-order chi connectivity index (χ1) is 8.68. The zero-order valence-corrected chi connectivity index (χ0v) is 11.6. The normalized spacial score (nSPS) is 9.89. The molecule has 96 valence electrons. The Bertz CT molecular complexity index is 472. The molecule has 0 saturated carbocycles. The molecule has 0 heterocycles. The Labute approximate surface area is 109 Å². The van der Waals surface area contributed by atoms with Crippen LogP contribution in [-0.4, -0.2) is 0 Å². The van der Waals surface area contributed by atoms with Crippen molar-refractivity contribution in [3.05, 3.63) is 59.9 Å². The number of rotatable bonds is 2. The van der Waals surface area contributed by atoms with Gasteiger partial charge in [-0.2, -0.15) is 0 Å². The van der Waals surface area contributed by atoms with Crippen molar-refractivity contribution in [1.29, 1.82) is 0 Å². The van der Waals surface area contributed by atoms with Crippen molar-refractivity contribution in [3.63, 3.8) is 0 Å². The van der Waals surface area contributed by atoms with Gasteiger partial charge in [0.15, 0.2) is 0 Å². The van der Waals surface area contributed by atoms with Crippen molar-refractivity contribution >= 4 is 0 Å². The van der Waals surface area contributed by atoms with Gasteiger partial charge in [0, 0.05) is 5.56 Å². The Morgan fingerprint density at radius 1 is 0.889 bits per heavy atom. The van der Waals surface area contributed by atoms with Gasteiger partial charge in [0.05, 0.1) is 0 Å². The van der Waals surface area contributed by atoms with E-state index in [9.17, 15) is 4.39 Å². The maximum Gasteiger partial charge on any atom is 0.131 e. The molecule has 1 heteroatoms. The quantitative estimate of drug-likeness (QED) is 0.641. The standard InChI is InChI=1S/C15H15F.C2H6/c1-11(2)13-8-9-14(15(16)10-13)12-6-4-3-5-7-12;1-2/h3-11H,1-2H3;1-2H3. The van der Waals surface area contributed by atoms with Crippen molar-refractivity contribution in [1.82, 2.24) is 0 Å². The molecular formula is C17H21F. The highest BCUT2D eigenvalue weighted by molar-refractivity contribution is 5.64. The molecule has 0 atom stereocenters. The number of hydrogen-bond donors (Lipinski definition) is 0. The van der Waals surface area contributed by atoms with Crippen LogP contribution in [0.3, 0.4) is 0 Å². The molecule has 0 spiro atoms. The Morgan fingerprint density at radius 3 is 2.00 bits per heavy atom. The first-order valence-electron chi connectivity index (χ1n) is 6.53. The smallest absolute Gasteiger partial charge is 0.131 e. The average Bonchev–Trinajstić information content (AvgIpc) is 2.42. The largest absolute Gasteiger partial charge is 0.206 e. The van der Waals surface area contributed by atoms with Gasteiger partial charge in [-0.3, -0.25) is 0 Å². The van der Waals surface area contributed by atoms with Crippen molar-refractivity contribution in [2.24, 2.45) is 0 Å². The summed E-state index contributed by atoms with van der Waals surface area (Å²) in [7, 11) is 0. The van der Waals surface area contributed by atoms with Crippen LogP contribution in [0, 0.1) is 5.82 Å². The van der Waals surface area contributed by atoms with Gasteiger partial charge in [-0.15, -0.1) is 0 Å². The molecule has 0 N–H and O–H groups in total. The van der Waals surface area contributed by atoms with Gasteiger partial charge in [-0.25, -0.2) is 4.39 Å². The molecule has 2 rings (SSSR count). The van der Waals surface area contributed by atoms with Crippen molar-refractivity contribution in [2.75, 3.05) is 0 Å². The summed E-state index contributed by atoms with van der Waals surface area (Å²) in [6, 6.07) is 15.1. The molecule has 2 aromatic carbocycles. The lowest BCUT2D eigenvalue weighted by atomic mass is 9.98. The van der Waals surface area contributed by atoms with Crippen LogP contribution in [0.15, 0.2) is 48.5 Å². The third kappa shape index (κ3) is 3.43. The fourth-order valence-electron chi connectivity index (χ4n) is 1.74.